The highest BCUT2D eigenvalue weighted by atomic mass is 32.1. The van der Waals surface area contributed by atoms with Crippen LogP contribution < -0.4 is 4.74 Å². The lowest BCUT2D eigenvalue weighted by Crippen LogP contribution is -2.07. The van der Waals surface area contributed by atoms with Crippen LogP contribution in [0.4, 0.5) is 0 Å². The van der Waals surface area contributed by atoms with Gasteiger partial charge in [-0.05, 0) is 96.5 Å². The van der Waals surface area contributed by atoms with Gasteiger partial charge in [-0.2, -0.15) is 0 Å². The summed E-state index contributed by atoms with van der Waals surface area (Å²) in [6.45, 7) is 2.69. The first-order valence-electron chi connectivity index (χ1n) is 13.7. The van der Waals surface area contributed by atoms with Crippen LogP contribution in [-0.2, 0) is 6.54 Å². The maximum absolute atomic E-state index is 12.0. The van der Waals surface area contributed by atoms with Crippen molar-refractivity contribution in [1.82, 2.24) is 9.55 Å². The lowest BCUT2D eigenvalue weighted by Gasteiger charge is -2.24. The number of aryl methyl sites for hydroxylation is 1. The van der Waals surface area contributed by atoms with Crippen LogP contribution >= 0.6 is 11.3 Å². The van der Waals surface area contributed by atoms with E-state index >= 15 is 0 Å². The van der Waals surface area contributed by atoms with E-state index in [0.29, 0.717) is 18.0 Å². The summed E-state index contributed by atoms with van der Waals surface area (Å²) in [6, 6.07) is 18.6. The van der Waals surface area contributed by atoms with Crippen molar-refractivity contribution in [2.24, 2.45) is 0 Å². The standard InChI is InChI=1S/C33H30N2O3S/c1-19-34-28-16-21(9-13-30(28)39-19)24-14-23-15-25(38-2)10-12-26(23)32-31(20-6-4-3-5-7-20)27-11-8-22(33(36)37)17-29(27)35(32)18-24/h8-17,20H,3-7,18H2,1-2H3,(H,36,37). The Morgan fingerprint density at radius 2 is 1.90 bits per heavy atom. The number of carboxylic acids is 1. The second kappa shape index (κ2) is 9.38. The van der Waals surface area contributed by atoms with Gasteiger partial charge in [0.1, 0.15) is 5.75 Å². The van der Waals surface area contributed by atoms with Gasteiger partial charge in [0.2, 0.25) is 0 Å². The van der Waals surface area contributed by atoms with Gasteiger partial charge in [0.15, 0.2) is 0 Å². The first-order valence-corrected chi connectivity index (χ1v) is 14.5. The zero-order chi connectivity index (χ0) is 26.7. The molecule has 5 aromatic rings. The molecule has 7 rings (SSSR count). The molecule has 196 valence electrons. The molecule has 5 nitrogen and oxygen atoms in total. The second-order valence-corrected chi connectivity index (χ2v) is 12.0. The molecule has 39 heavy (non-hydrogen) atoms. The molecule has 6 heteroatoms. The number of hydrogen-bond donors (Lipinski definition) is 1. The van der Waals surface area contributed by atoms with Gasteiger partial charge in [0.05, 0.1) is 33.6 Å². The molecule has 3 heterocycles. The van der Waals surface area contributed by atoms with Gasteiger partial charge in [-0.3, -0.25) is 0 Å². The van der Waals surface area contributed by atoms with E-state index in [9.17, 15) is 9.90 Å². The number of benzene rings is 3. The molecule has 0 amide bonds. The van der Waals surface area contributed by atoms with Crippen molar-refractivity contribution in [3.8, 4) is 17.0 Å². The zero-order valence-electron chi connectivity index (χ0n) is 22.2. The van der Waals surface area contributed by atoms with Crippen LogP contribution in [0.5, 0.6) is 5.75 Å². The lowest BCUT2D eigenvalue weighted by atomic mass is 9.81. The third-order valence-corrected chi connectivity index (χ3v) is 9.35. The summed E-state index contributed by atoms with van der Waals surface area (Å²) >= 11 is 1.71. The van der Waals surface area contributed by atoms with E-state index in [2.05, 4.69) is 41.0 Å². The number of ether oxygens (including phenoxy) is 1. The average Bonchev–Trinajstić information content (AvgIpc) is 3.43. The normalized spacial score (nSPS) is 15.6. The van der Waals surface area contributed by atoms with Crippen molar-refractivity contribution in [1.29, 1.82) is 0 Å². The van der Waals surface area contributed by atoms with Crippen molar-refractivity contribution in [3.63, 3.8) is 0 Å². The summed E-state index contributed by atoms with van der Waals surface area (Å²) in [5.74, 6) is 0.386. The number of rotatable bonds is 4. The molecule has 0 atom stereocenters. The Balaban J connectivity index is 1.52. The van der Waals surface area contributed by atoms with Crippen LogP contribution in [0.2, 0.25) is 0 Å². The van der Waals surface area contributed by atoms with Crippen molar-refractivity contribution < 1.29 is 14.6 Å². The molecule has 0 bridgehead atoms. The fourth-order valence-corrected chi connectivity index (χ4v) is 7.40. The smallest absolute Gasteiger partial charge is 0.335 e. The van der Waals surface area contributed by atoms with E-state index in [0.717, 1.165) is 32.9 Å². The minimum atomic E-state index is -0.898. The number of methoxy groups -OCH3 is 1. The van der Waals surface area contributed by atoms with Crippen LogP contribution in [0.3, 0.4) is 0 Å². The molecule has 1 aliphatic carbocycles. The number of hydrogen-bond acceptors (Lipinski definition) is 4. The van der Waals surface area contributed by atoms with E-state index in [4.69, 9.17) is 9.72 Å². The Bertz CT molecular complexity index is 1800. The van der Waals surface area contributed by atoms with Gasteiger partial charge >= 0.3 is 5.97 Å². The van der Waals surface area contributed by atoms with E-state index in [-0.39, 0.29) is 0 Å². The first-order chi connectivity index (χ1) is 19.0. The predicted molar refractivity (Wildman–Crippen MR) is 159 cm³/mol. The monoisotopic (exact) mass is 534 g/mol. The van der Waals surface area contributed by atoms with Gasteiger partial charge in [-0.1, -0.05) is 31.4 Å². The van der Waals surface area contributed by atoms with Gasteiger partial charge in [0, 0.05) is 23.0 Å². The number of allylic oxidation sites excluding steroid dienone is 1. The van der Waals surface area contributed by atoms with Crippen LogP contribution in [0.25, 0.3) is 44.0 Å². The van der Waals surface area contributed by atoms with E-state index in [1.807, 2.05) is 25.1 Å². The molecule has 1 N–H and O–H groups in total. The molecular weight excluding hydrogens is 504 g/mol. The molecule has 2 aliphatic rings. The zero-order valence-corrected chi connectivity index (χ0v) is 23.0. The molecular formula is C33H30N2O3S. The summed E-state index contributed by atoms with van der Waals surface area (Å²) in [7, 11) is 1.71. The highest BCUT2D eigenvalue weighted by Gasteiger charge is 2.30. The quantitative estimate of drug-likeness (QED) is 0.251. The van der Waals surface area contributed by atoms with Crippen LogP contribution in [-0.4, -0.2) is 27.7 Å². The maximum Gasteiger partial charge on any atom is 0.335 e. The summed E-state index contributed by atoms with van der Waals surface area (Å²) in [5, 5.41) is 12.1. The number of carboxylic acid groups (broad SMARTS) is 1. The van der Waals surface area contributed by atoms with Gasteiger partial charge in [-0.25, -0.2) is 9.78 Å². The Kier molecular flexibility index (Phi) is 5.81. The van der Waals surface area contributed by atoms with Gasteiger partial charge in [0.25, 0.3) is 0 Å². The van der Waals surface area contributed by atoms with Gasteiger partial charge in [-0.15, -0.1) is 11.3 Å². The Morgan fingerprint density at radius 3 is 2.69 bits per heavy atom. The number of carbonyl (C=O) groups is 1. The Hall–Kier alpha value is -3.90. The number of aromatic carboxylic acids is 1. The molecule has 0 unspecified atom stereocenters. The SMILES string of the molecule is COc1ccc2c(c1)C=C(c1ccc3sc(C)nc3c1)Cn1c-2c(C2CCCCC2)c2ccc(C(=O)O)cc21. The second-order valence-electron chi connectivity index (χ2n) is 10.8. The maximum atomic E-state index is 12.0. The van der Waals surface area contributed by atoms with Crippen LogP contribution in [0.15, 0.2) is 54.6 Å². The molecule has 0 saturated heterocycles. The average molecular weight is 535 g/mol. The summed E-state index contributed by atoms with van der Waals surface area (Å²) in [5.41, 5.74) is 9.50. The molecule has 1 fully saturated rings. The Labute approximate surface area is 231 Å². The fourth-order valence-electron chi connectivity index (χ4n) is 6.59. The number of fused-ring (bicyclic) bond motifs is 6. The number of aromatic nitrogens is 2. The third kappa shape index (κ3) is 4.05. The summed E-state index contributed by atoms with van der Waals surface area (Å²) in [4.78, 5) is 16.8. The van der Waals surface area contributed by atoms with E-state index in [1.54, 1.807) is 24.5 Å². The van der Waals surface area contributed by atoms with Gasteiger partial charge < -0.3 is 14.4 Å². The first kappa shape index (κ1) is 24.2. The lowest BCUT2D eigenvalue weighted by molar-refractivity contribution is 0.0697. The van der Waals surface area contributed by atoms with Crippen molar-refractivity contribution in [2.45, 2.75) is 51.5 Å². The molecule has 0 spiro atoms. The molecule has 1 saturated carbocycles. The third-order valence-electron chi connectivity index (χ3n) is 8.40. The summed E-state index contributed by atoms with van der Waals surface area (Å²) in [6.07, 6.45) is 8.36. The predicted octanol–water partition coefficient (Wildman–Crippen LogP) is 8.54. The highest BCUT2D eigenvalue weighted by molar-refractivity contribution is 7.18. The minimum absolute atomic E-state index is 0.321. The van der Waals surface area contributed by atoms with Crippen molar-refractivity contribution in [2.75, 3.05) is 7.11 Å². The van der Waals surface area contributed by atoms with Crippen molar-refractivity contribution >= 4 is 50.1 Å². The topological polar surface area (TPSA) is 64.4 Å². The minimum Gasteiger partial charge on any atom is -0.497 e. The fraction of sp³-hybridized carbons (Fsp3) is 0.273. The number of nitrogens with zero attached hydrogens (tertiary/aromatic N) is 2. The van der Waals surface area contributed by atoms with E-state index in [1.165, 1.54) is 64.6 Å². The van der Waals surface area contributed by atoms with E-state index < -0.39 is 5.97 Å². The Morgan fingerprint density at radius 1 is 1.05 bits per heavy atom. The highest BCUT2D eigenvalue weighted by Crippen LogP contribution is 2.47. The van der Waals surface area contributed by atoms with Crippen LogP contribution in [0, 0.1) is 6.92 Å². The molecule has 0 radical (unpaired) electrons. The summed E-state index contributed by atoms with van der Waals surface area (Å²) < 4.78 is 9.20. The van der Waals surface area contributed by atoms with Crippen molar-refractivity contribution in [3.05, 3.63) is 81.9 Å². The molecule has 2 aromatic heterocycles. The largest absolute Gasteiger partial charge is 0.497 e. The van der Waals surface area contributed by atoms with Crippen LogP contribution in [0.1, 0.15) is 70.1 Å². The molecule has 1 aliphatic heterocycles. The molecule has 3 aromatic carbocycles. The number of thiazole rings is 1.